The first kappa shape index (κ1) is 14.4. The van der Waals surface area contributed by atoms with Crippen molar-refractivity contribution in [2.24, 2.45) is 0 Å². The quantitative estimate of drug-likeness (QED) is 0.784. The van der Waals surface area contributed by atoms with Crippen LogP contribution in [0.3, 0.4) is 0 Å². The van der Waals surface area contributed by atoms with Crippen LogP contribution in [-0.4, -0.2) is 6.18 Å². The number of hydrogen-bond donors (Lipinski definition) is 1. The Labute approximate surface area is 114 Å². The first-order chi connectivity index (χ1) is 9.44. The summed E-state index contributed by atoms with van der Waals surface area (Å²) in [5, 5.41) is 2.73. The van der Waals surface area contributed by atoms with Crippen molar-refractivity contribution in [3.8, 4) is 0 Å². The first-order valence-corrected chi connectivity index (χ1v) is 6.08. The van der Waals surface area contributed by atoms with Gasteiger partial charge >= 0.3 is 6.18 Å². The minimum Gasteiger partial charge on any atom is -0.378 e. The first-order valence-electron chi connectivity index (χ1n) is 6.08. The van der Waals surface area contributed by atoms with E-state index in [0.717, 1.165) is 0 Å². The van der Waals surface area contributed by atoms with E-state index in [1.807, 2.05) is 0 Å². The van der Waals surface area contributed by atoms with Gasteiger partial charge in [0.25, 0.3) is 0 Å². The average Bonchev–Trinajstić information content (AvgIpc) is 2.37. The molecule has 0 aromatic heterocycles. The third kappa shape index (κ3) is 4.26. The molecule has 0 aliphatic rings. The van der Waals surface area contributed by atoms with Crippen LogP contribution < -0.4 is 5.32 Å². The molecule has 0 fully saturated rings. The topological polar surface area (TPSA) is 12.0 Å². The molecular weight excluding hydrogens is 270 g/mol. The number of rotatable bonds is 4. The van der Waals surface area contributed by atoms with Crippen LogP contribution in [0.15, 0.2) is 54.6 Å². The molecule has 0 aliphatic carbocycles. The largest absolute Gasteiger partial charge is 0.391 e. The molecule has 20 heavy (non-hydrogen) atoms. The molecule has 106 valence electrons. The number of hydrogen-bond acceptors (Lipinski definition) is 1. The Hall–Kier alpha value is -2.04. The number of anilines is 1. The predicted octanol–water partition coefficient (Wildman–Crippen LogP) is 4.93. The monoisotopic (exact) mass is 283 g/mol. The molecule has 1 nitrogen and oxygen atoms in total. The summed E-state index contributed by atoms with van der Waals surface area (Å²) in [6.45, 7) is 0. The van der Waals surface area contributed by atoms with Crippen LogP contribution in [-0.2, 0) is 0 Å². The van der Waals surface area contributed by atoms with Gasteiger partial charge in [-0.05, 0) is 23.8 Å². The van der Waals surface area contributed by atoms with Crippen LogP contribution in [0.4, 0.5) is 23.2 Å². The molecular formula is C15H13F4N. The summed E-state index contributed by atoms with van der Waals surface area (Å²) in [5.41, 5.74) is 0.831. The van der Waals surface area contributed by atoms with E-state index in [0.29, 0.717) is 11.3 Å². The van der Waals surface area contributed by atoms with Crippen molar-refractivity contribution in [3.05, 3.63) is 66.0 Å². The maximum absolute atomic E-state index is 13.1. The van der Waals surface area contributed by atoms with Gasteiger partial charge in [-0.2, -0.15) is 13.2 Å². The molecule has 1 N–H and O–H groups in total. The molecule has 2 rings (SSSR count). The van der Waals surface area contributed by atoms with Crippen LogP contribution >= 0.6 is 0 Å². The number of alkyl halides is 3. The highest BCUT2D eigenvalue weighted by molar-refractivity contribution is 5.45. The van der Waals surface area contributed by atoms with E-state index < -0.39 is 24.5 Å². The average molecular weight is 283 g/mol. The second-order valence-electron chi connectivity index (χ2n) is 4.44. The van der Waals surface area contributed by atoms with E-state index >= 15 is 0 Å². The van der Waals surface area contributed by atoms with Crippen LogP contribution in [0.1, 0.15) is 18.0 Å². The predicted molar refractivity (Wildman–Crippen MR) is 69.9 cm³/mol. The zero-order chi connectivity index (χ0) is 14.6. The molecule has 0 heterocycles. The normalized spacial score (nSPS) is 13.0. The Morgan fingerprint density at radius 3 is 2.25 bits per heavy atom. The van der Waals surface area contributed by atoms with Gasteiger partial charge in [-0.3, -0.25) is 0 Å². The second-order valence-corrected chi connectivity index (χ2v) is 4.44. The Kier molecular flexibility index (Phi) is 4.27. The van der Waals surface area contributed by atoms with Gasteiger partial charge in [0, 0.05) is 5.69 Å². The maximum Gasteiger partial charge on any atom is 0.391 e. The standard InChI is InChI=1S/C15H13F4N/c16-12-7-4-8-13(9-12)20-14(10-15(17,18)19)11-5-2-1-3-6-11/h1-9,14,20H,10H2. The van der Waals surface area contributed by atoms with E-state index in [1.165, 1.54) is 24.3 Å². The van der Waals surface area contributed by atoms with Crippen molar-refractivity contribution in [2.75, 3.05) is 5.32 Å². The lowest BCUT2D eigenvalue weighted by atomic mass is 10.0. The van der Waals surface area contributed by atoms with Crippen molar-refractivity contribution in [1.82, 2.24) is 0 Å². The lowest BCUT2D eigenvalue weighted by molar-refractivity contribution is -0.137. The highest BCUT2D eigenvalue weighted by Crippen LogP contribution is 2.32. The summed E-state index contributed by atoms with van der Waals surface area (Å²) in [5.74, 6) is -0.492. The molecule has 0 saturated carbocycles. The molecule has 1 unspecified atom stereocenters. The summed E-state index contributed by atoms with van der Waals surface area (Å²) in [7, 11) is 0. The summed E-state index contributed by atoms with van der Waals surface area (Å²) < 4.78 is 51.1. The fraction of sp³-hybridized carbons (Fsp3) is 0.200. The van der Waals surface area contributed by atoms with Crippen molar-refractivity contribution < 1.29 is 17.6 Å². The van der Waals surface area contributed by atoms with Crippen molar-refractivity contribution in [2.45, 2.75) is 18.6 Å². The van der Waals surface area contributed by atoms with Gasteiger partial charge in [0.15, 0.2) is 0 Å². The van der Waals surface area contributed by atoms with Gasteiger partial charge in [-0.1, -0.05) is 36.4 Å². The molecule has 0 spiro atoms. The minimum absolute atomic E-state index is 0.322. The van der Waals surface area contributed by atoms with Crippen LogP contribution in [0.2, 0.25) is 0 Å². The highest BCUT2D eigenvalue weighted by atomic mass is 19.4. The zero-order valence-electron chi connectivity index (χ0n) is 10.5. The highest BCUT2D eigenvalue weighted by Gasteiger charge is 2.32. The van der Waals surface area contributed by atoms with Gasteiger partial charge < -0.3 is 5.32 Å². The van der Waals surface area contributed by atoms with Crippen molar-refractivity contribution >= 4 is 5.69 Å². The number of halogens is 4. The van der Waals surface area contributed by atoms with Crippen LogP contribution in [0, 0.1) is 5.82 Å². The van der Waals surface area contributed by atoms with Gasteiger partial charge in [-0.25, -0.2) is 4.39 Å². The third-order valence-corrected chi connectivity index (χ3v) is 2.80. The molecule has 0 bridgehead atoms. The fourth-order valence-corrected chi connectivity index (χ4v) is 1.95. The van der Waals surface area contributed by atoms with Crippen LogP contribution in [0.25, 0.3) is 0 Å². The second kappa shape index (κ2) is 5.94. The van der Waals surface area contributed by atoms with Crippen molar-refractivity contribution in [3.63, 3.8) is 0 Å². The zero-order valence-corrected chi connectivity index (χ0v) is 10.5. The van der Waals surface area contributed by atoms with Crippen molar-refractivity contribution in [1.29, 1.82) is 0 Å². The summed E-state index contributed by atoms with van der Waals surface area (Å²) in [4.78, 5) is 0. The van der Waals surface area contributed by atoms with E-state index in [9.17, 15) is 17.6 Å². The Balaban J connectivity index is 2.23. The molecule has 0 radical (unpaired) electrons. The smallest absolute Gasteiger partial charge is 0.378 e. The van der Waals surface area contributed by atoms with Gasteiger partial charge in [0.2, 0.25) is 0 Å². The van der Waals surface area contributed by atoms with Gasteiger partial charge in [-0.15, -0.1) is 0 Å². The summed E-state index contributed by atoms with van der Waals surface area (Å²) in [6, 6.07) is 12.8. The molecule has 0 saturated heterocycles. The van der Waals surface area contributed by atoms with Gasteiger partial charge in [0.05, 0.1) is 12.5 Å². The molecule has 1 atom stereocenters. The van der Waals surface area contributed by atoms with Crippen LogP contribution in [0.5, 0.6) is 0 Å². The lowest BCUT2D eigenvalue weighted by Gasteiger charge is -2.22. The van der Waals surface area contributed by atoms with E-state index in [4.69, 9.17) is 0 Å². The number of nitrogens with one attached hydrogen (secondary N) is 1. The van der Waals surface area contributed by atoms with E-state index in [1.54, 1.807) is 30.3 Å². The van der Waals surface area contributed by atoms with Gasteiger partial charge in [0.1, 0.15) is 5.82 Å². The Morgan fingerprint density at radius 2 is 1.65 bits per heavy atom. The lowest BCUT2D eigenvalue weighted by Crippen LogP contribution is -2.20. The van der Waals surface area contributed by atoms with E-state index in [2.05, 4.69) is 5.32 Å². The molecule has 2 aromatic carbocycles. The number of benzene rings is 2. The summed E-state index contributed by atoms with van der Waals surface area (Å²) in [6.07, 6.45) is -5.33. The SMILES string of the molecule is Fc1cccc(NC(CC(F)(F)F)c2ccccc2)c1. The third-order valence-electron chi connectivity index (χ3n) is 2.80. The molecule has 2 aromatic rings. The summed E-state index contributed by atoms with van der Waals surface area (Å²) >= 11 is 0. The Bertz CT molecular complexity index is 551. The molecule has 5 heteroatoms. The minimum atomic E-state index is -4.30. The molecule has 0 amide bonds. The molecule has 0 aliphatic heterocycles. The Morgan fingerprint density at radius 1 is 0.950 bits per heavy atom. The van der Waals surface area contributed by atoms with E-state index in [-0.39, 0.29) is 0 Å². The fourth-order valence-electron chi connectivity index (χ4n) is 1.95. The maximum atomic E-state index is 13.1.